The molecular weight excluding hydrogens is 536 g/mol. The molecule has 4 rings (SSSR count). The van der Waals surface area contributed by atoms with Crippen molar-refractivity contribution in [2.45, 2.75) is 19.0 Å². The van der Waals surface area contributed by atoms with Gasteiger partial charge in [-0.15, -0.1) is 0 Å². The average Bonchev–Trinajstić information content (AvgIpc) is 3.02. The smallest absolute Gasteiger partial charge is 0.247 e. The molecule has 2 amide bonds. The van der Waals surface area contributed by atoms with Crippen molar-refractivity contribution >= 4 is 29.5 Å². The Morgan fingerprint density at radius 1 is 0.927 bits per heavy atom. The first-order chi connectivity index (χ1) is 19.9. The van der Waals surface area contributed by atoms with Gasteiger partial charge in [-0.25, -0.2) is 4.98 Å². The third-order valence-electron chi connectivity index (χ3n) is 6.69. The SMILES string of the molecule is COCCN(C)C(=O)[C@H](Cc1ccccc1)N(Cc1ccc(-c2cccnc2)cc1)C(=O)C=Cc1ccc(Cl)nc1. The Kier molecular flexibility index (Phi) is 10.8. The zero-order valence-electron chi connectivity index (χ0n) is 23.2. The summed E-state index contributed by atoms with van der Waals surface area (Å²) in [4.78, 5) is 39.2. The lowest BCUT2D eigenvalue weighted by Crippen LogP contribution is -2.51. The van der Waals surface area contributed by atoms with Crippen LogP contribution in [0, 0.1) is 0 Å². The third-order valence-corrected chi connectivity index (χ3v) is 6.92. The third kappa shape index (κ3) is 8.58. The van der Waals surface area contributed by atoms with Crippen molar-refractivity contribution in [1.82, 2.24) is 19.8 Å². The first-order valence-electron chi connectivity index (χ1n) is 13.3. The van der Waals surface area contributed by atoms with Gasteiger partial charge in [-0.2, -0.15) is 0 Å². The monoisotopic (exact) mass is 568 g/mol. The molecule has 0 saturated heterocycles. The summed E-state index contributed by atoms with van der Waals surface area (Å²) in [7, 11) is 3.33. The fourth-order valence-corrected chi connectivity index (χ4v) is 4.50. The topological polar surface area (TPSA) is 75.6 Å². The van der Waals surface area contributed by atoms with Gasteiger partial charge >= 0.3 is 0 Å². The van der Waals surface area contributed by atoms with Crippen LogP contribution in [-0.2, 0) is 27.3 Å². The first-order valence-corrected chi connectivity index (χ1v) is 13.7. The van der Waals surface area contributed by atoms with Gasteiger partial charge in [0.25, 0.3) is 0 Å². The van der Waals surface area contributed by atoms with Gasteiger partial charge in [0.1, 0.15) is 11.2 Å². The molecule has 0 fully saturated rings. The van der Waals surface area contributed by atoms with E-state index in [1.165, 1.54) is 6.08 Å². The van der Waals surface area contributed by atoms with E-state index in [1.807, 2.05) is 72.9 Å². The lowest BCUT2D eigenvalue weighted by molar-refractivity contribution is -0.143. The van der Waals surface area contributed by atoms with Crippen molar-refractivity contribution in [2.75, 3.05) is 27.3 Å². The molecule has 0 N–H and O–H groups in total. The molecule has 0 aliphatic carbocycles. The summed E-state index contributed by atoms with van der Waals surface area (Å²) in [6.07, 6.45) is 8.68. The number of carbonyl (C=O) groups is 2. The zero-order valence-corrected chi connectivity index (χ0v) is 23.9. The maximum absolute atomic E-state index is 13.9. The predicted octanol–water partition coefficient (Wildman–Crippen LogP) is 5.56. The van der Waals surface area contributed by atoms with E-state index in [0.29, 0.717) is 24.7 Å². The molecule has 7 nitrogen and oxygen atoms in total. The Labute approximate surface area is 246 Å². The first kappa shape index (κ1) is 29.6. The van der Waals surface area contributed by atoms with E-state index < -0.39 is 6.04 Å². The molecule has 0 saturated carbocycles. The van der Waals surface area contributed by atoms with Crippen LogP contribution in [0.1, 0.15) is 16.7 Å². The van der Waals surface area contributed by atoms with Gasteiger partial charge in [0.15, 0.2) is 0 Å². The fraction of sp³-hybridized carbons (Fsp3) is 0.212. The summed E-state index contributed by atoms with van der Waals surface area (Å²) in [5, 5.41) is 0.373. The van der Waals surface area contributed by atoms with Gasteiger partial charge in [0.2, 0.25) is 11.8 Å². The molecule has 8 heteroatoms. The van der Waals surface area contributed by atoms with Crippen LogP contribution in [0.15, 0.2) is 104 Å². The van der Waals surface area contributed by atoms with Crippen LogP contribution in [0.25, 0.3) is 17.2 Å². The van der Waals surface area contributed by atoms with Crippen molar-refractivity contribution in [2.24, 2.45) is 0 Å². The average molecular weight is 569 g/mol. The van der Waals surface area contributed by atoms with Crippen LogP contribution >= 0.6 is 11.6 Å². The van der Waals surface area contributed by atoms with Gasteiger partial charge in [0, 0.05) is 58.3 Å². The molecule has 0 radical (unpaired) electrons. The number of aromatic nitrogens is 2. The predicted molar refractivity (Wildman–Crippen MR) is 162 cm³/mol. The summed E-state index contributed by atoms with van der Waals surface area (Å²) >= 11 is 5.92. The number of pyridine rings is 2. The quantitative estimate of drug-likeness (QED) is 0.165. The largest absolute Gasteiger partial charge is 0.383 e. The molecule has 210 valence electrons. The Balaban J connectivity index is 1.68. The molecule has 4 aromatic rings. The molecular formula is C33H33ClN4O3. The fourth-order valence-electron chi connectivity index (χ4n) is 4.38. The molecule has 1 atom stereocenters. The number of methoxy groups -OCH3 is 1. The second-order valence-corrected chi connectivity index (χ2v) is 10.00. The molecule has 41 heavy (non-hydrogen) atoms. The Morgan fingerprint density at radius 2 is 1.71 bits per heavy atom. The highest BCUT2D eigenvalue weighted by atomic mass is 35.5. The minimum Gasteiger partial charge on any atom is -0.383 e. The minimum absolute atomic E-state index is 0.159. The van der Waals surface area contributed by atoms with E-state index in [9.17, 15) is 9.59 Å². The van der Waals surface area contributed by atoms with Crippen molar-refractivity contribution < 1.29 is 14.3 Å². The molecule has 0 bridgehead atoms. The molecule has 0 spiro atoms. The lowest BCUT2D eigenvalue weighted by atomic mass is 10.0. The molecule has 0 unspecified atom stereocenters. The van der Waals surface area contributed by atoms with E-state index in [0.717, 1.165) is 27.8 Å². The van der Waals surface area contributed by atoms with Gasteiger partial charge in [-0.05, 0) is 46.0 Å². The second-order valence-electron chi connectivity index (χ2n) is 9.61. The van der Waals surface area contributed by atoms with Gasteiger partial charge in [0.05, 0.1) is 6.61 Å². The molecule has 0 aliphatic heterocycles. The standard InChI is InChI=1S/C33H33ClN4O3/c1-37(19-20-41-2)33(40)30(21-25-7-4-3-5-8-25)38(32(39)17-13-26-12-16-31(34)36-22-26)24-27-10-14-28(15-11-27)29-9-6-18-35-23-29/h3-18,22-23,30H,19-21,24H2,1-2H3/t30-/m0/s1. The number of ether oxygens (including phenoxy) is 1. The van der Waals surface area contributed by atoms with Crippen molar-refractivity contribution in [1.29, 1.82) is 0 Å². The van der Waals surface area contributed by atoms with Gasteiger partial charge < -0.3 is 14.5 Å². The number of carbonyl (C=O) groups excluding carboxylic acids is 2. The van der Waals surface area contributed by atoms with Crippen molar-refractivity contribution in [3.05, 3.63) is 125 Å². The van der Waals surface area contributed by atoms with Gasteiger partial charge in [-0.1, -0.05) is 78.3 Å². The van der Waals surface area contributed by atoms with E-state index >= 15 is 0 Å². The Morgan fingerprint density at radius 3 is 2.37 bits per heavy atom. The van der Waals surface area contributed by atoms with Crippen molar-refractivity contribution in [3.8, 4) is 11.1 Å². The Bertz CT molecular complexity index is 1430. The number of hydrogen-bond donors (Lipinski definition) is 0. The lowest BCUT2D eigenvalue weighted by Gasteiger charge is -2.33. The van der Waals surface area contributed by atoms with Crippen LogP contribution < -0.4 is 0 Å². The molecule has 2 heterocycles. The van der Waals surface area contributed by atoms with Crippen LogP contribution in [0.4, 0.5) is 0 Å². The normalized spacial score (nSPS) is 11.8. The summed E-state index contributed by atoms with van der Waals surface area (Å²) in [5.41, 5.74) is 4.61. The van der Waals surface area contributed by atoms with Crippen LogP contribution in [0.5, 0.6) is 0 Å². The van der Waals surface area contributed by atoms with Crippen LogP contribution in [0.3, 0.4) is 0 Å². The van der Waals surface area contributed by atoms with Crippen LogP contribution in [0.2, 0.25) is 5.15 Å². The zero-order chi connectivity index (χ0) is 29.0. The molecule has 2 aromatic heterocycles. The number of rotatable bonds is 12. The number of hydrogen-bond acceptors (Lipinski definition) is 5. The highest BCUT2D eigenvalue weighted by molar-refractivity contribution is 6.29. The van der Waals surface area contributed by atoms with E-state index in [4.69, 9.17) is 16.3 Å². The molecule has 0 aliphatic rings. The van der Waals surface area contributed by atoms with E-state index in [-0.39, 0.29) is 18.4 Å². The number of halogens is 1. The van der Waals surface area contributed by atoms with Crippen LogP contribution in [-0.4, -0.2) is 64.9 Å². The highest BCUT2D eigenvalue weighted by Crippen LogP contribution is 2.21. The summed E-state index contributed by atoms with van der Waals surface area (Å²) < 4.78 is 5.20. The minimum atomic E-state index is -0.738. The summed E-state index contributed by atoms with van der Waals surface area (Å²) in [6.45, 7) is 1.05. The maximum atomic E-state index is 13.9. The number of likely N-dealkylation sites (N-methyl/N-ethyl adjacent to an activating group) is 1. The number of benzene rings is 2. The van der Waals surface area contributed by atoms with Gasteiger partial charge in [-0.3, -0.25) is 14.6 Å². The number of nitrogens with zero attached hydrogens (tertiary/aromatic N) is 4. The van der Waals surface area contributed by atoms with E-state index in [1.54, 1.807) is 54.6 Å². The Hall–Kier alpha value is -4.33. The van der Waals surface area contributed by atoms with Crippen molar-refractivity contribution in [3.63, 3.8) is 0 Å². The summed E-state index contributed by atoms with van der Waals surface area (Å²) in [6, 6.07) is 24.3. The van der Waals surface area contributed by atoms with E-state index in [2.05, 4.69) is 9.97 Å². The number of amides is 2. The molecule has 2 aromatic carbocycles. The maximum Gasteiger partial charge on any atom is 0.247 e. The summed E-state index contributed by atoms with van der Waals surface area (Å²) in [5.74, 6) is -0.446. The highest BCUT2D eigenvalue weighted by Gasteiger charge is 2.31. The second kappa shape index (κ2) is 14.9.